The molecule has 2 heterocycles. The number of carbonyl (C=O) groups excluding carboxylic acids is 1. The first-order valence-corrected chi connectivity index (χ1v) is 5.08. The van der Waals surface area contributed by atoms with Gasteiger partial charge in [0.1, 0.15) is 0 Å². The van der Waals surface area contributed by atoms with Crippen molar-refractivity contribution in [2.24, 2.45) is 0 Å². The summed E-state index contributed by atoms with van der Waals surface area (Å²) in [5.74, 6) is 0.0405. The minimum atomic E-state index is 0.0405. The molecule has 0 radical (unpaired) electrons. The number of benzene rings is 1. The number of aromatic amines is 1. The molecule has 1 aromatic carbocycles. The Bertz CT molecular complexity index is 513. The van der Waals surface area contributed by atoms with Gasteiger partial charge in [0.25, 0.3) is 5.91 Å². The van der Waals surface area contributed by atoms with Crippen molar-refractivity contribution in [3.05, 3.63) is 30.0 Å². The Morgan fingerprint density at radius 2 is 2.13 bits per heavy atom. The molecule has 0 bridgehead atoms. The molecule has 1 fully saturated rings. The second kappa shape index (κ2) is 3.08. The van der Waals surface area contributed by atoms with Crippen molar-refractivity contribution in [3.8, 4) is 0 Å². The number of H-pyrrole nitrogens is 1. The Kier molecular flexibility index (Phi) is 1.74. The SMILES string of the molecule is O=C(c1n[nH]c2ccccc12)N1CCC1. The predicted molar refractivity (Wildman–Crippen MR) is 56.6 cm³/mol. The molecule has 1 saturated heterocycles. The Morgan fingerprint density at radius 3 is 2.87 bits per heavy atom. The minimum Gasteiger partial charge on any atom is -0.337 e. The predicted octanol–water partition coefficient (Wildman–Crippen LogP) is 1.41. The zero-order chi connectivity index (χ0) is 10.3. The lowest BCUT2D eigenvalue weighted by Gasteiger charge is -2.30. The Hall–Kier alpha value is -1.84. The van der Waals surface area contributed by atoms with Crippen LogP contribution in [0.3, 0.4) is 0 Å². The molecule has 0 atom stereocenters. The molecule has 76 valence electrons. The summed E-state index contributed by atoms with van der Waals surface area (Å²) in [6, 6.07) is 7.70. The van der Waals surface area contributed by atoms with Crippen LogP contribution in [-0.4, -0.2) is 34.1 Å². The summed E-state index contributed by atoms with van der Waals surface area (Å²) in [7, 11) is 0. The number of likely N-dealkylation sites (tertiary alicyclic amines) is 1. The van der Waals surface area contributed by atoms with Gasteiger partial charge in [-0.05, 0) is 12.5 Å². The molecule has 1 N–H and O–H groups in total. The fourth-order valence-corrected chi connectivity index (χ4v) is 1.80. The summed E-state index contributed by atoms with van der Waals surface area (Å²) in [4.78, 5) is 13.8. The average molecular weight is 201 g/mol. The summed E-state index contributed by atoms with van der Waals surface area (Å²) < 4.78 is 0. The first-order chi connectivity index (χ1) is 7.36. The van der Waals surface area contributed by atoms with Crippen LogP contribution in [0.25, 0.3) is 10.9 Å². The maximum atomic E-state index is 11.9. The number of carbonyl (C=O) groups is 1. The van der Waals surface area contributed by atoms with Crippen LogP contribution in [0.1, 0.15) is 16.9 Å². The highest BCUT2D eigenvalue weighted by Gasteiger charge is 2.24. The number of amides is 1. The van der Waals surface area contributed by atoms with Gasteiger partial charge in [-0.15, -0.1) is 0 Å². The van der Waals surface area contributed by atoms with Gasteiger partial charge in [0.2, 0.25) is 0 Å². The van der Waals surface area contributed by atoms with E-state index in [1.807, 2.05) is 29.2 Å². The van der Waals surface area contributed by atoms with E-state index in [2.05, 4.69) is 10.2 Å². The zero-order valence-corrected chi connectivity index (χ0v) is 8.23. The lowest BCUT2D eigenvalue weighted by Crippen LogP contribution is -2.42. The highest BCUT2D eigenvalue weighted by atomic mass is 16.2. The van der Waals surface area contributed by atoms with E-state index in [1.54, 1.807) is 0 Å². The molecular weight excluding hydrogens is 190 g/mol. The van der Waals surface area contributed by atoms with Crippen molar-refractivity contribution in [1.82, 2.24) is 15.1 Å². The van der Waals surface area contributed by atoms with Crippen molar-refractivity contribution in [2.75, 3.05) is 13.1 Å². The van der Waals surface area contributed by atoms with Crippen LogP contribution in [0.4, 0.5) is 0 Å². The Balaban J connectivity index is 2.06. The molecule has 15 heavy (non-hydrogen) atoms. The summed E-state index contributed by atoms with van der Waals surface area (Å²) in [5, 5.41) is 7.87. The number of rotatable bonds is 1. The van der Waals surface area contributed by atoms with Gasteiger partial charge in [-0.1, -0.05) is 18.2 Å². The minimum absolute atomic E-state index is 0.0405. The van der Waals surface area contributed by atoms with Crippen LogP contribution in [0.2, 0.25) is 0 Å². The largest absolute Gasteiger partial charge is 0.337 e. The van der Waals surface area contributed by atoms with E-state index in [0.717, 1.165) is 30.4 Å². The van der Waals surface area contributed by atoms with Gasteiger partial charge in [0.05, 0.1) is 5.52 Å². The standard InChI is InChI=1S/C11H11N3O/c15-11(14-6-3-7-14)10-8-4-1-2-5-9(8)12-13-10/h1-2,4-5H,3,6-7H2,(H,12,13). The number of nitrogens with one attached hydrogen (secondary N) is 1. The first kappa shape index (κ1) is 8.47. The van der Waals surface area contributed by atoms with E-state index in [9.17, 15) is 4.79 Å². The molecule has 4 heteroatoms. The van der Waals surface area contributed by atoms with Gasteiger partial charge in [-0.25, -0.2) is 0 Å². The lowest BCUT2D eigenvalue weighted by atomic mass is 10.1. The molecule has 1 aromatic heterocycles. The number of nitrogens with zero attached hydrogens (tertiary/aromatic N) is 2. The van der Waals surface area contributed by atoms with Crippen LogP contribution < -0.4 is 0 Å². The normalized spacial score (nSPS) is 15.3. The van der Waals surface area contributed by atoms with Crippen LogP contribution >= 0.6 is 0 Å². The molecule has 1 aliphatic heterocycles. The Morgan fingerprint density at radius 1 is 1.33 bits per heavy atom. The second-order valence-corrected chi connectivity index (χ2v) is 3.76. The number of aromatic nitrogens is 2. The zero-order valence-electron chi connectivity index (χ0n) is 8.23. The molecule has 0 unspecified atom stereocenters. The molecule has 0 spiro atoms. The first-order valence-electron chi connectivity index (χ1n) is 5.08. The number of hydrogen-bond donors (Lipinski definition) is 1. The van der Waals surface area contributed by atoms with E-state index in [1.165, 1.54) is 0 Å². The molecular formula is C11H11N3O. The monoisotopic (exact) mass is 201 g/mol. The van der Waals surface area contributed by atoms with Gasteiger partial charge in [-0.3, -0.25) is 9.89 Å². The van der Waals surface area contributed by atoms with Gasteiger partial charge in [-0.2, -0.15) is 5.10 Å². The maximum Gasteiger partial charge on any atom is 0.274 e. The summed E-state index contributed by atoms with van der Waals surface area (Å²) >= 11 is 0. The topological polar surface area (TPSA) is 49.0 Å². The van der Waals surface area contributed by atoms with E-state index in [0.29, 0.717) is 5.69 Å². The van der Waals surface area contributed by atoms with Crippen LogP contribution in [0.5, 0.6) is 0 Å². The molecule has 4 nitrogen and oxygen atoms in total. The van der Waals surface area contributed by atoms with Crippen molar-refractivity contribution in [2.45, 2.75) is 6.42 Å². The number of hydrogen-bond acceptors (Lipinski definition) is 2. The lowest BCUT2D eigenvalue weighted by molar-refractivity contribution is 0.0647. The van der Waals surface area contributed by atoms with Gasteiger partial charge in [0, 0.05) is 18.5 Å². The third-order valence-electron chi connectivity index (χ3n) is 2.82. The molecule has 1 aliphatic rings. The fourth-order valence-electron chi connectivity index (χ4n) is 1.80. The molecule has 2 aromatic rings. The van der Waals surface area contributed by atoms with Gasteiger partial charge < -0.3 is 4.90 Å². The van der Waals surface area contributed by atoms with Crippen LogP contribution in [-0.2, 0) is 0 Å². The van der Waals surface area contributed by atoms with Crippen molar-refractivity contribution < 1.29 is 4.79 Å². The maximum absolute atomic E-state index is 11.9. The molecule has 1 amide bonds. The van der Waals surface area contributed by atoms with Crippen LogP contribution in [0, 0.1) is 0 Å². The summed E-state index contributed by atoms with van der Waals surface area (Å²) in [5.41, 5.74) is 1.46. The van der Waals surface area contributed by atoms with Gasteiger partial charge in [0.15, 0.2) is 5.69 Å². The second-order valence-electron chi connectivity index (χ2n) is 3.76. The number of para-hydroxylation sites is 1. The van der Waals surface area contributed by atoms with Crippen LogP contribution in [0.15, 0.2) is 24.3 Å². The molecule has 3 rings (SSSR count). The van der Waals surface area contributed by atoms with Crippen molar-refractivity contribution in [1.29, 1.82) is 0 Å². The Labute approximate surface area is 86.9 Å². The van der Waals surface area contributed by atoms with E-state index >= 15 is 0 Å². The van der Waals surface area contributed by atoms with E-state index in [-0.39, 0.29) is 5.91 Å². The smallest absolute Gasteiger partial charge is 0.274 e. The third kappa shape index (κ3) is 1.21. The summed E-state index contributed by atoms with van der Waals surface area (Å²) in [6.07, 6.45) is 1.11. The summed E-state index contributed by atoms with van der Waals surface area (Å²) in [6.45, 7) is 1.72. The van der Waals surface area contributed by atoms with E-state index in [4.69, 9.17) is 0 Å². The van der Waals surface area contributed by atoms with E-state index < -0.39 is 0 Å². The highest BCUT2D eigenvalue weighted by molar-refractivity contribution is 6.04. The molecule has 0 aliphatic carbocycles. The quantitative estimate of drug-likeness (QED) is 0.758. The third-order valence-corrected chi connectivity index (χ3v) is 2.82. The molecule has 0 saturated carbocycles. The van der Waals surface area contributed by atoms with Gasteiger partial charge >= 0.3 is 0 Å². The number of fused-ring (bicyclic) bond motifs is 1. The van der Waals surface area contributed by atoms with Crippen molar-refractivity contribution >= 4 is 16.8 Å². The average Bonchev–Trinajstić information content (AvgIpc) is 2.58. The van der Waals surface area contributed by atoms with Crippen molar-refractivity contribution in [3.63, 3.8) is 0 Å². The fraction of sp³-hybridized carbons (Fsp3) is 0.273. The highest BCUT2D eigenvalue weighted by Crippen LogP contribution is 2.19.